The average Bonchev–Trinajstić information content (AvgIpc) is 2.92. The minimum absolute atomic E-state index is 0.217. The van der Waals surface area contributed by atoms with Gasteiger partial charge in [0.1, 0.15) is 23.2 Å². The highest BCUT2D eigenvalue weighted by molar-refractivity contribution is 7.99. The monoisotopic (exact) mass is 577 g/mol. The first kappa shape index (κ1) is 30.0. The number of aliphatic carboxylic acids is 1. The number of carboxylic acids is 1. The molecule has 2 N–H and O–H groups in total. The zero-order chi connectivity index (χ0) is 29.0. The number of hydrogen-bond acceptors (Lipinski definition) is 7. The minimum Gasteiger partial charge on any atom is -0.497 e. The summed E-state index contributed by atoms with van der Waals surface area (Å²) in [6.07, 6.45) is 2.12. The summed E-state index contributed by atoms with van der Waals surface area (Å²) in [5.74, 6) is -2.69. The van der Waals surface area contributed by atoms with Crippen LogP contribution in [-0.4, -0.2) is 72.7 Å². The van der Waals surface area contributed by atoms with Gasteiger partial charge in [0.25, 0.3) is 0 Å². The number of benzene rings is 2. The van der Waals surface area contributed by atoms with Crippen LogP contribution in [0.1, 0.15) is 37.4 Å². The van der Waals surface area contributed by atoms with Crippen LogP contribution in [-0.2, 0) is 4.79 Å². The molecule has 1 atom stereocenters. The van der Waals surface area contributed by atoms with Crippen LogP contribution in [0.25, 0.3) is 10.9 Å². The number of hydrogen-bond donors (Lipinski definition) is 2. The van der Waals surface area contributed by atoms with Crippen LogP contribution in [0.5, 0.6) is 5.75 Å². The van der Waals surface area contributed by atoms with Crippen LogP contribution in [0.15, 0.2) is 41.4 Å². The zero-order valence-electron chi connectivity index (χ0n) is 22.8. The Labute approximate surface area is 235 Å². The SMILES string of the molecule is COc1ccc2ncc(N(C)C)c(C(O)CCC3(C(=O)O)CCN(CCSc4c(F)cc(F)cc4F)CC3)c2c1. The van der Waals surface area contributed by atoms with E-state index in [0.29, 0.717) is 73.6 Å². The lowest BCUT2D eigenvalue weighted by Crippen LogP contribution is -2.45. The number of ether oxygens (including phenoxy) is 1. The Morgan fingerprint density at radius 1 is 1.18 bits per heavy atom. The number of aromatic nitrogens is 1. The largest absolute Gasteiger partial charge is 0.497 e. The molecule has 216 valence electrons. The summed E-state index contributed by atoms with van der Waals surface area (Å²) in [5, 5.41) is 22.3. The summed E-state index contributed by atoms with van der Waals surface area (Å²) in [7, 11) is 5.30. The maximum atomic E-state index is 13.9. The van der Waals surface area contributed by atoms with Crippen molar-refractivity contribution in [3.8, 4) is 5.75 Å². The van der Waals surface area contributed by atoms with E-state index in [0.717, 1.165) is 22.8 Å². The van der Waals surface area contributed by atoms with Gasteiger partial charge in [-0.25, -0.2) is 13.2 Å². The Kier molecular flexibility index (Phi) is 9.48. The summed E-state index contributed by atoms with van der Waals surface area (Å²) >= 11 is 0.975. The second-order valence-corrected chi connectivity index (χ2v) is 11.5. The molecule has 1 aliphatic rings. The van der Waals surface area contributed by atoms with Gasteiger partial charge in [-0.2, -0.15) is 0 Å². The number of aliphatic hydroxyl groups is 1. The van der Waals surface area contributed by atoms with Gasteiger partial charge in [-0.05, 0) is 57.0 Å². The molecular formula is C29H34F3N3O4S. The quantitative estimate of drug-likeness (QED) is 0.289. The first-order valence-electron chi connectivity index (χ1n) is 13.1. The molecule has 11 heteroatoms. The molecule has 1 fully saturated rings. The molecule has 1 aromatic heterocycles. The highest BCUT2D eigenvalue weighted by atomic mass is 32.2. The second-order valence-electron chi connectivity index (χ2n) is 10.4. The number of thioether (sulfide) groups is 1. The van der Waals surface area contributed by atoms with Gasteiger partial charge in [0.2, 0.25) is 0 Å². The molecule has 0 saturated carbocycles. The molecular weight excluding hydrogens is 543 g/mol. The van der Waals surface area contributed by atoms with Crippen LogP contribution >= 0.6 is 11.8 Å². The van der Waals surface area contributed by atoms with Gasteiger partial charge in [-0.1, -0.05) is 0 Å². The first-order chi connectivity index (χ1) is 19.0. The van der Waals surface area contributed by atoms with Crippen LogP contribution in [0.4, 0.5) is 18.9 Å². The van der Waals surface area contributed by atoms with Crippen LogP contribution in [0.3, 0.4) is 0 Å². The van der Waals surface area contributed by atoms with Crippen molar-refractivity contribution in [2.24, 2.45) is 5.41 Å². The molecule has 2 heterocycles. The first-order valence-corrected chi connectivity index (χ1v) is 14.1. The number of likely N-dealkylation sites (tertiary alicyclic amines) is 1. The normalized spacial score (nSPS) is 16.2. The van der Waals surface area contributed by atoms with Gasteiger partial charge in [0.15, 0.2) is 0 Å². The molecule has 1 saturated heterocycles. The number of carboxylic acid groups (broad SMARTS) is 1. The van der Waals surface area contributed by atoms with E-state index in [2.05, 4.69) is 9.88 Å². The van der Waals surface area contributed by atoms with Crippen molar-refractivity contribution >= 4 is 34.3 Å². The van der Waals surface area contributed by atoms with Crippen LogP contribution < -0.4 is 9.64 Å². The van der Waals surface area contributed by atoms with Crippen molar-refractivity contribution in [2.75, 3.05) is 51.5 Å². The number of carbonyl (C=O) groups is 1. The maximum absolute atomic E-state index is 13.9. The van der Waals surface area contributed by atoms with E-state index >= 15 is 0 Å². The number of halogens is 3. The molecule has 40 heavy (non-hydrogen) atoms. The lowest BCUT2D eigenvalue weighted by molar-refractivity contribution is -0.153. The van der Waals surface area contributed by atoms with Gasteiger partial charge < -0.3 is 24.7 Å². The predicted molar refractivity (Wildman–Crippen MR) is 150 cm³/mol. The maximum Gasteiger partial charge on any atom is 0.309 e. The van der Waals surface area contributed by atoms with Crippen molar-refractivity contribution in [1.82, 2.24) is 9.88 Å². The van der Waals surface area contributed by atoms with Crippen molar-refractivity contribution < 1.29 is 32.9 Å². The summed E-state index contributed by atoms with van der Waals surface area (Å²) in [6.45, 7) is 1.53. The van der Waals surface area contributed by atoms with Gasteiger partial charge in [-0.15, -0.1) is 11.8 Å². The molecule has 1 unspecified atom stereocenters. The second kappa shape index (κ2) is 12.7. The van der Waals surface area contributed by atoms with E-state index in [1.807, 2.05) is 31.1 Å². The molecule has 0 aliphatic carbocycles. The molecule has 0 bridgehead atoms. The molecule has 2 aromatic carbocycles. The lowest BCUT2D eigenvalue weighted by atomic mass is 9.74. The third kappa shape index (κ3) is 6.47. The fourth-order valence-electron chi connectivity index (χ4n) is 5.29. The number of rotatable bonds is 11. The Morgan fingerprint density at radius 3 is 2.45 bits per heavy atom. The van der Waals surface area contributed by atoms with Crippen molar-refractivity contribution in [3.63, 3.8) is 0 Å². The smallest absolute Gasteiger partial charge is 0.309 e. The van der Waals surface area contributed by atoms with E-state index in [4.69, 9.17) is 4.74 Å². The molecule has 4 rings (SSSR count). The minimum atomic E-state index is -0.988. The Morgan fingerprint density at radius 2 is 1.85 bits per heavy atom. The lowest BCUT2D eigenvalue weighted by Gasteiger charge is -2.39. The van der Waals surface area contributed by atoms with Crippen molar-refractivity contribution in [2.45, 2.75) is 36.7 Å². The Balaban J connectivity index is 1.41. The number of anilines is 1. The van der Waals surface area contributed by atoms with Crippen LogP contribution in [0, 0.1) is 22.9 Å². The summed E-state index contributed by atoms with van der Waals surface area (Å²) in [4.78, 5) is 20.7. The summed E-state index contributed by atoms with van der Waals surface area (Å²) in [6, 6.07) is 6.79. The molecule has 0 amide bonds. The molecule has 0 spiro atoms. The highest BCUT2D eigenvalue weighted by Gasteiger charge is 2.41. The molecule has 1 aliphatic heterocycles. The fraction of sp³-hybridized carbons (Fsp3) is 0.448. The van der Waals surface area contributed by atoms with E-state index in [1.54, 1.807) is 19.4 Å². The van der Waals surface area contributed by atoms with Gasteiger partial charge >= 0.3 is 5.97 Å². The molecule has 7 nitrogen and oxygen atoms in total. The third-order valence-corrected chi connectivity index (χ3v) is 8.76. The number of pyridine rings is 1. The average molecular weight is 578 g/mol. The van der Waals surface area contributed by atoms with Gasteiger partial charge in [0.05, 0.1) is 40.9 Å². The Bertz CT molecular complexity index is 1340. The zero-order valence-corrected chi connectivity index (χ0v) is 23.6. The van der Waals surface area contributed by atoms with Gasteiger partial charge in [-0.3, -0.25) is 9.78 Å². The topological polar surface area (TPSA) is 86.1 Å². The Hall–Kier alpha value is -3.02. The van der Waals surface area contributed by atoms with Crippen LogP contribution in [0.2, 0.25) is 0 Å². The van der Waals surface area contributed by atoms with Gasteiger partial charge in [0, 0.05) is 49.5 Å². The van der Waals surface area contributed by atoms with Crippen molar-refractivity contribution in [3.05, 3.63) is 59.5 Å². The highest BCUT2D eigenvalue weighted by Crippen LogP contribution is 2.41. The number of fused-ring (bicyclic) bond motifs is 1. The number of methoxy groups -OCH3 is 1. The van der Waals surface area contributed by atoms with E-state index < -0.39 is 34.9 Å². The van der Waals surface area contributed by atoms with E-state index in [-0.39, 0.29) is 11.3 Å². The van der Waals surface area contributed by atoms with E-state index in [1.165, 1.54) is 0 Å². The number of piperidine rings is 1. The predicted octanol–water partition coefficient (Wildman–Crippen LogP) is 5.50. The third-order valence-electron chi connectivity index (χ3n) is 7.69. The summed E-state index contributed by atoms with van der Waals surface area (Å²) < 4.78 is 46.4. The molecule has 3 aromatic rings. The number of aliphatic hydroxyl groups excluding tert-OH is 1. The summed E-state index contributed by atoms with van der Waals surface area (Å²) in [5.41, 5.74) is 1.15. The molecule has 0 radical (unpaired) electrons. The standard InChI is InChI=1S/C29H34F3N3O4S/c1-34(2)24-17-33-23-5-4-19(39-3)16-20(23)26(24)25(36)6-7-29(28(37)38)8-10-35(11-9-29)12-13-40-27-21(31)14-18(30)15-22(27)32/h4-5,14-17,25,36H,6-13H2,1-3H3,(H,37,38). The number of nitrogens with zero attached hydrogens (tertiary/aromatic N) is 3. The van der Waals surface area contributed by atoms with E-state index in [9.17, 15) is 28.2 Å². The van der Waals surface area contributed by atoms with Crippen molar-refractivity contribution in [1.29, 1.82) is 0 Å². The fourth-order valence-corrected chi connectivity index (χ4v) is 6.24.